The molecule has 18 heavy (non-hydrogen) atoms. The maximum Gasteiger partial charge on any atom is 0.223 e. The highest BCUT2D eigenvalue weighted by atomic mass is 16.2. The van der Waals surface area contributed by atoms with Crippen LogP contribution in [0.4, 0.5) is 0 Å². The molecule has 0 bridgehead atoms. The molecular formula is C15H26N2O. The van der Waals surface area contributed by atoms with Crippen LogP contribution in [0.1, 0.15) is 51.4 Å². The van der Waals surface area contributed by atoms with Crippen molar-refractivity contribution in [2.45, 2.75) is 57.4 Å². The van der Waals surface area contributed by atoms with Gasteiger partial charge in [-0.3, -0.25) is 4.79 Å². The van der Waals surface area contributed by atoms with E-state index in [1.165, 1.54) is 44.9 Å². The van der Waals surface area contributed by atoms with Crippen LogP contribution < -0.4 is 5.32 Å². The minimum atomic E-state index is 0.443. The molecule has 3 nitrogen and oxygen atoms in total. The van der Waals surface area contributed by atoms with E-state index in [4.69, 9.17) is 0 Å². The van der Waals surface area contributed by atoms with Crippen molar-refractivity contribution in [3.05, 3.63) is 0 Å². The molecular weight excluding hydrogens is 224 g/mol. The number of fused-ring (bicyclic) bond motifs is 1. The summed E-state index contributed by atoms with van der Waals surface area (Å²) in [6.07, 6.45) is 9.87. The van der Waals surface area contributed by atoms with E-state index in [2.05, 4.69) is 10.2 Å². The summed E-state index contributed by atoms with van der Waals surface area (Å²) in [5.74, 6) is 1.86. The van der Waals surface area contributed by atoms with E-state index in [1.54, 1.807) is 0 Å². The van der Waals surface area contributed by atoms with Crippen molar-refractivity contribution < 1.29 is 4.79 Å². The lowest BCUT2D eigenvalue weighted by atomic mass is 9.85. The Morgan fingerprint density at radius 2 is 2.00 bits per heavy atom. The van der Waals surface area contributed by atoms with Gasteiger partial charge >= 0.3 is 0 Å². The van der Waals surface area contributed by atoms with Gasteiger partial charge in [0.1, 0.15) is 0 Å². The summed E-state index contributed by atoms with van der Waals surface area (Å²) in [6, 6.07) is 0.600. The quantitative estimate of drug-likeness (QED) is 0.814. The van der Waals surface area contributed by atoms with Gasteiger partial charge in [-0.1, -0.05) is 12.8 Å². The van der Waals surface area contributed by atoms with Crippen LogP contribution in [0.25, 0.3) is 0 Å². The third kappa shape index (κ3) is 2.56. The molecule has 3 rings (SSSR count). The summed E-state index contributed by atoms with van der Waals surface area (Å²) >= 11 is 0. The molecule has 2 heterocycles. The lowest BCUT2D eigenvalue weighted by Gasteiger charge is -2.33. The van der Waals surface area contributed by atoms with Crippen LogP contribution in [0.5, 0.6) is 0 Å². The van der Waals surface area contributed by atoms with E-state index in [0.717, 1.165) is 32.0 Å². The summed E-state index contributed by atoms with van der Waals surface area (Å²) in [5, 5.41) is 3.42. The van der Waals surface area contributed by atoms with E-state index in [-0.39, 0.29) is 0 Å². The first-order valence-electron chi connectivity index (χ1n) is 7.85. The third-order valence-corrected chi connectivity index (χ3v) is 5.19. The number of carbonyl (C=O) groups excluding carboxylic acids is 1. The number of piperidine rings is 1. The largest absolute Gasteiger partial charge is 0.339 e. The van der Waals surface area contributed by atoms with Crippen LogP contribution in [0.2, 0.25) is 0 Å². The Morgan fingerprint density at radius 1 is 1.11 bits per heavy atom. The van der Waals surface area contributed by atoms with Crippen LogP contribution >= 0.6 is 0 Å². The highest BCUT2D eigenvalue weighted by Crippen LogP contribution is 2.36. The second-order valence-electron chi connectivity index (χ2n) is 6.40. The summed E-state index contributed by atoms with van der Waals surface area (Å²) in [5.41, 5.74) is 0. The van der Waals surface area contributed by atoms with Crippen molar-refractivity contribution >= 4 is 5.91 Å². The SMILES string of the molecule is O=C(CC1CCCNC1)N1CCC2CCCCC21. The standard InChI is InChI=1S/C15H26N2O/c18-15(10-12-4-3-8-16-11-12)17-9-7-13-5-1-2-6-14(13)17/h12-14,16H,1-11H2. The topological polar surface area (TPSA) is 32.3 Å². The Balaban J connectivity index is 1.55. The van der Waals surface area contributed by atoms with Gasteiger partial charge in [0.15, 0.2) is 0 Å². The first-order chi connectivity index (χ1) is 8.84. The molecule has 1 saturated carbocycles. The number of nitrogens with one attached hydrogen (secondary N) is 1. The second-order valence-corrected chi connectivity index (χ2v) is 6.40. The maximum atomic E-state index is 12.5. The highest BCUT2D eigenvalue weighted by molar-refractivity contribution is 5.77. The molecule has 1 N–H and O–H groups in total. The summed E-state index contributed by atoms with van der Waals surface area (Å²) < 4.78 is 0. The van der Waals surface area contributed by atoms with Gasteiger partial charge in [-0.2, -0.15) is 0 Å². The zero-order valence-corrected chi connectivity index (χ0v) is 11.4. The number of hydrogen-bond acceptors (Lipinski definition) is 2. The average molecular weight is 250 g/mol. The molecule has 3 heteroatoms. The van der Waals surface area contributed by atoms with E-state index >= 15 is 0 Å². The number of rotatable bonds is 2. The fourth-order valence-electron chi connectivity index (χ4n) is 4.18. The predicted molar refractivity (Wildman–Crippen MR) is 72.3 cm³/mol. The Hall–Kier alpha value is -0.570. The van der Waals surface area contributed by atoms with Crippen molar-refractivity contribution in [1.29, 1.82) is 0 Å². The molecule has 3 fully saturated rings. The number of amides is 1. The van der Waals surface area contributed by atoms with E-state index in [0.29, 0.717) is 17.9 Å². The maximum absolute atomic E-state index is 12.5. The van der Waals surface area contributed by atoms with Crippen LogP contribution in [-0.2, 0) is 4.79 Å². The van der Waals surface area contributed by atoms with Gasteiger partial charge in [0.2, 0.25) is 5.91 Å². The molecule has 3 atom stereocenters. The van der Waals surface area contributed by atoms with Crippen LogP contribution in [-0.4, -0.2) is 36.5 Å². The summed E-state index contributed by atoms with van der Waals surface area (Å²) in [7, 11) is 0. The zero-order valence-electron chi connectivity index (χ0n) is 11.4. The van der Waals surface area contributed by atoms with Crippen molar-refractivity contribution in [3.63, 3.8) is 0 Å². The number of likely N-dealkylation sites (tertiary alicyclic amines) is 1. The van der Waals surface area contributed by atoms with Crippen molar-refractivity contribution in [1.82, 2.24) is 10.2 Å². The molecule has 0 spiro atoms. The first kappa shape index (κ1) is 12.5. The number of carbonyl (C=O) groups is 1. The molecule has 0 aromatic rings. The normalized spacial score (nSPS) is 36.4. The molecule has 0 aromatic heterocycles. The minimum Gasteiger partial charge on any atom is -0.339 e. The molecule has 102 valence electrons. The van der Waals surface area contributed by atoms with Gasteiger partial charge in [0, 0.05) is 19.0 Å². The van der Waals surface area contributed by atoms with Gasteiger partial charge in [-0.25, -0.2) is 0 Å². The van der Waals surface area contributed by atoms with Crippen molar-refractivity contribution in [3.8, 4) is 0 Å². The highest BCUT2D eigenvalue weighted by Gasteiger charge is 2.38. The smallest absolute Gasteiger partial charge is 0.223 e. The van der Waals surface area contributed by atoms with Crippen LogP contribution in [0.15, 0.2) is 0 Å². The monoisotopic (exact) mass is 250 g/mol. The zero-order chi connectivity index (χ0) is 12.4. The summed E-state index contributed by atoms with van der Waals surface area (Å²) in [4.78, 5) is 14.7. The fraction of sp³-hybridized carbons (Fsp3) is 0.933. The Labute approximate surface area is 110 Å². The predicted octanol–water partition coefficient (Wildman–Crippen LogP) is 2.17. The Kier molecular flexibility index (Phi) is 3.88. The van der Waals surface area contributed by atoms with E-state index in [9.17, 15) is 4.79 Å². The van der Waals surface area contributed by atoms with Gasteiger partial charge in [0.25, 0.3) is 0 Å². The summed E-state index contributed by atoms with van der Waals surface area (Å²) in [6.45, 7) is 3.22. The van der Waals surface area contributed by atoms with Gasteiger partial charge in [-0.15, -0.1) is 0 Å². The van der Waals surface area contributed by atoms with Gasteiger partial charge in [0.05, 0.1) is 0 Å². The van der Waals surface area contributed by atoms with Crippen molar-refractivity contribution in [2.75, 3.05) is 19.6 Å². The van der Waals surface area contributed by atoms with E-state index < -0.39 is 0 Å². The molecule has 1 aliphatic carbocycles. The van der Waals surface area contributed by atoms with Gasteiger partial charge < -0.3 is 10.2 Å². The first-order valence-corrected chi connectivity index (χ1v) is 7.85. The number of nitrogens with zero attached hydrogens (tertiary/aromatic N) is 1. The molecule has 0 radical (unpaired) electrons. The lowest BCUT2D eigenvalue weighted by molar-refractivity contribution is -0.133. The Bertz CT molecular complexity index is 299. The second kappa shape index (κ2) is 5.60. The van der Waals surface area contributed by atoms with Crippen LogP contribution in [0, 0.1) is 11.8 Å². The molecule has 0 aromatic carbocycles. The molecule has 3 aliphatic rings. The number of hydrogen-bond donors (Lipinski definition) is 1. The van der Waals surface area contributed by atoms with Crippen molar-refractivity contribution in [2.24, 2.45) is 11.8 Å². The fourth-order valence-corrected chi connectivity index (χ4v) is 4.18. The third-order valence-electron chi connectivity index (χ3n) is 5.19. The Morgan fingerprint density at radius 3 is 2.83 bits per heavy atom. The average Bonchev–Trinajstić information content (AvgIpc) is 2.84. The molecule has 3 unspecified atom stereocenters. The lowest BCUT2D eigenvalue weighted by Crippen LogP contribution is -2.41. The molecule has 2 saturated heterocycles. The minimum absolute atomic E-state index is 0.443. The van der Waals surface area contributed by atoms with E-state index in [1.807, 2.05) is 0 Å². The van der Waals surface area contributed by atoms with Gasteiger partial charge in [-0.05, 0) is 57.0 Å². The molecule has 2 aliphatic heterocycles. The molecule has 1 amide bonds. The van der Waals surface area contributed by atoms with Crippen LogP contribution in [0.3, 0.4) is 0 Å².